The zero-order chi connectivity index (χ0) is 16.3. The lowest BCUT2D eigenvalue weighted by Crippen LogP contribution is -2.42. The third-order valence-corrected chi connectivity index (χ3v) is 3.62. The topological polar surface area (TPSA) is 48.9 Å². The number of methoxy groups -OCH3 is 1. The summed E-state index contributed by atoms with van der Waals surface area (Å²) in [6.45, 7) is 18.6. The molecule has 0 radical (unpaired) electrons. The summed E-state index contributed by atoms with van der Waals surface area (Å²) in [7, 11) is 1.76. The molecule has 0 saturated carbocycles. The van der Waals surface area contributed by atoms with Crippen LogP contribution in [0.2, 0.25) is 0 Å². The van der Waals surface area contributed by atoms with E-state index < -0.39 is 0 Å². The van der Waals surface area contributed by atoms with Crippen molar-refractivity contribution in [3.05, 3.63) is 0 Å². The Morgan fingerprint density at radius 2 is 1.73 bits per heavy atom. The predicted molar refractivity (Wildman–Crippen MR) is 107 cm³/mol. The summed E-state index contributed by atoms with van der Waals surface area (Å²) in [5.74, 6) is 0.871. The van der Waals surface area contributed by atoms with Crippen LogP contribution in [0.25, 0.3) is 0 Å². The van der Waals surface area contributed by atoms with E-state index in [0.717, 1.165) is 38.7 Å². The van der Waals surface area contributed by atoms with Gasteiger partial charge in [0.25, 0.3) is 0 Å². The van der Waals surface area contributed by atoms with E-state index in [9.17, 15) is 0 Å². The molecule has 0 aromatic heterocycles. The molecule has 0 bridgehead atoms. The molecular formula is C16H37IN4O. The Labute approximate surface area is 154 Å². The zero-order valence-electron chi connectivity index (χ0n) is 15.5. The van der Waals surface area contributed by atoms with Crippen LogP contribution >= 0.6 is 24.0 Å². The molecule has 0 heterocycles. The van der Waals surface area contributed by atoms with Gasteiger partial charge in [0.2, 0.25) is 0 Å². The summed E-state index contributed by atoms with van der Waals surface area (Å²) < 4.78 is 5.55. The highest BCUT2D eigenvalue weighted by Crippen LogP contribution is 2.21. The van der Waals surface area contributed by atoms with Crippen LogP contribution in [-0.4, -0.2) is 63.3 Å². The van der Waals surface area contributed by atoms with Crippen molar-refractivity contribution < 1.29 is 4.74 Å². The van der Waals surface area contributed by atoms with Crippen molar-refractivity contribution in [2.75, 3.05) is 46.4 Å². The largest absolute Gasteiger partial charge is 0.379 e. The van der Waals surface area contributed by atoms with Gasteiger partial charge >= 0.3 is 0 Å². The number of aliphatic imine (C=N–C) groups is 1. The molecule has 1 atom stereocenters. The maximum atomic E-state index is 5.55. The fraction of sp³-hybridized carbons (Fsp3) is 0.938. The van der Waals surface area contributed by atoms with E-state index in [2.05, 4.69) is 62.1 Å². The van der Waals surface area contributed by atoms with Gasteiger partial charge in [-0.3, -0.25) is 4.99 Å². The van der Waals surface area contributed by atoms with Gasteiger partial charge in [0.1, 0.15) is 0 Å². The molecule has 22 heavy (non-hydrogen) atoms. The number of halogens is 1. The maximum absolute atomic E-state index is 5.55. The number of nitrogens with zero attached hydrogens (tertiary/aromatic N) is 2. The van der Waals surface area contributed by atoms with Crippen LogP contribution in [0.5, 0.6) is 0 Å². The Balaban J connectivity index is 0. The van der Waals surface area contributed by atoms with E-state index in [1.54, 1.807) is 7.11 Å². The first-order chi connectivity index (χ1) is 9.88. The molecule has 0 spiro atoms. The minimum Gasteiger partial charge on any atom is -0.379 e. The molecule has 0 aromatic rings. The summed E-state index contributed by atoms with van der Waals surface area (Å²) >= 11 is 0. The fourth-order valence-electron chi connectivity index (χ4n) is 2.09. The third kappa shape index (κ3) is 10.6. The summed E-state index contributed by atoms with van der Waals surface area (Å²) in [6, 6.07) is 0. The van der Waals surface area contributed by atoms with Gasteiger partial charge in [-0.1, -0.05) is 34.6 Å². The number of rotatable bonds is 9. The smallest absolute Gasteiger partial charge is 0.191 e. The molecule has 0 aliphatic rings. The van der Waals surface area contributed by atoms with Crippen molar-refractivity contribution >= 4 is 29.9 Å². The van der Waals surface area contributed by atoms with Gasteiger partial charge < -0.3 is 20.3 Å². The van der Waals surface area contributed by atoms with E-state index >= 15 is 0 Å². The van der Waals surface area contributed by atoms with E-state index in [4.69, 9.17) is 4.74 Å². The lowest BCUT2D eigenvalue weighted by atomic mass is 9.89. The van der Waals surface area contributed by atoms with Crippen LogP contribution in [0.3, 0.4) is 0 Å². The molecule has 0 rings (SSSR count). The molecule has 0 aliphatic carbocycles. The molecule has 0 aromatic carbocycles. The minimum atomic E-state index is 0. The van der Waals surface area contributed by atoms with Crippen LogP contribution in [0.1, 0.15) is 41.5 Å². The molecule has 134 valence electrons. The van der Waals surface area contributed by atoms with Gasteiger partial charge in [0.15, 0.2) is 5.96 Å². The van der Waals surface area contributed by atoms with Gasteiger partial charge in [-0.25, -0.2) is 0 Å². The average Bonchev–Trinajstić information content (AvgIpc) is 2.42. The second-order valence-electron chi connectivity index (χ2n) is 6.26. The second-order valence-corrected chi connectivity index (χ2v) is 6.26. The Bertz CT molecular complexity index is 288. The number of likely N-dealkylation sites (N-methyl/N-ethyl adjacent to an activating group) is 1. The molecule has 5 nitrogen and oxygen atoms in total. The normalized spacial score (nSPS) is 13.7. The van der Waals surface area contributed by atoms with E-state index in [1.165, 1.54) is 0 Å². The van der Waals surface area contributed by atoms with Crippen LogP contribution in [0.15, 0.2) is 4.99 Å². The average molecular weight is 428 g/mol. The van der Waals surface area contributed by atoms with Crippen molar-refractivity contribution in [2.45, 2.75) is 47.6 Å². The molecule has 2 N–H and O–H groups in total. The SMILES string of the molecule is CCNC(=NCC(OC)C(C)(C)C)NCCN(CC)CC.I. The fourth-order valence-corrected chi connectivity index (χ4v) is 2.09. The zero-order valence-corrected chi connectivity index (χ0v) is 17.9. The highest BCUT2D eigenvalue weighted by molar-refractivity contribution is 14.0. The monoisotopic (exact) mass is 428 g/mol. The Hall–Kier alpha value is -0.0800. The van der Waals surface area contributed by atoms with Gasteiger partial charge in [0, 0.05) is 26.7 Å². The van der Waals surface area contributed by atoms with Crippen molar-refractivity contribution in [3.8, 4) is 0 Å². The lowest BCUT2D eigenvalue weighted by Gasteiger charge is -2.28. The highest BCUT2D eigenvalue weighted by Gasteiger charge is 2.24. The summed E-state index contributed by atoms with van der Waals surface area (Å²) in [6.07, 6.45) is 0.121. The molecule has 6 heteroatoms. The first kappa shape index (κ1) is 24.2. The van der Waals surface area contributed by atoms with Gasteiger partial charge in [-0.05, 0) is 25.4 Å². The lowest BCUT2D eigenvalue weighted by molar-refractivity contribution is 0.0241. The van der Waals surface area contributed by atoms with Crippen molar-refractivity contribution in [3.63, 3.8) is 0 Å². The number of guanidine groups is 1. The minimum absolute atomic E-state index is 0. The first-order valence-electron chi connectivity index (χ1n) is 8.16. The van der Waals surface area contributed by atoms with Gasteiger partial charge in [-0.15, -0.1) is 24.0 Å². The number of nitrogens with one attached hydrogen (secondary N) is 2. The summed E-state index contributed by atoms with van der Waals surface area (Å²) in [5.41, 5.74) is 0.0940. The predicted octanol–water partition coefficient (Wildman–Crippen LogP) is 2.56. The quantitative estimate of drug-likeness (QED) is 0.337. The van der Waals surface area contributed by atoms with Gasteiger partial charge in [0.05, 0.1) is 12.6 Å². The molecule has 0 amide bonds. The maximum Gasteiger partial charge on any atom is 0.191 e. The van der Waals surface area contributed by atoms with Crippen molar-refractivity contribution in [1.82, 2.24) is 15.5 Å². The van der Waals surface area contributed by atoms with Gasteiger partial charge in [-0.2, -0.15) is 0 Å². The van der Waals surface area contributed by atoms with Crippen LogP contribution < -0.4 is 10.6 Å². The molecular weight excluding hydrogens is 391 g/mol. The Morgan fingerprint density at radius 3 is 2.14 bits per heavy atom. The Morgan fingerprint density at radius 1 is 1.14 bits per heavy atom. The van der Waals surface area contributed by atoms with E-state index in [1.807, 2.05) is 0 Å². The Kier molecular flexibility index (Phi) is 14.7. The first-order valence-corrected chi connectivity index (χ1v) is 8.16. The van der Waals surface area contributed by atoms with Crippen molar-refractivity contribution in [1.29, 1.82) is 0 Å². The standard InChI is InChI=1S/C16H36N4O.HI/c1-8-17-15(18-11-12-20(9-2)10-3)19-13-14(21-7)16(4,5)6;/h14H,8-13H2,1-7H3,(H2,17,18,19);1H. The molecule has 0 saturated heterocycles. The molecule has 0 aliphatic heterocycles. The summed E-state index contributed by atoms with van der Waals surface area (Å²) in [5, 5.41) is 6.68. The second kappa shape index (κ2) is 13.4. The molecule has 1 unspecified atom stereocenters. The highest BCUT2D eigenvalue weighted by atomic mass is 127. The van der Waals surface area contributed by atoms with Crippen molar-refractivity contribution in [2.24, 2.45) is 10.4 Å². The number of hydrogen-bond donors (Lipinski definition) is 2. The van der Waals surface area contributed by atoms with Crippen LogP contribution in [0.4, 0.5) is 0 Å². The third-order valence-electron chi connectivity index (χ3n) is 3.62. The summed E-state index contributed by atoms with van der Waals surface area (Å²) in [4.78, 5) is 7.04. The molecule has 0 fully saturated rings. The van der Waals surface area contributed by atoms with Crippen LogP contribution in [-0.2, 0) is 4.74 Å². The van der Waals surface area contributed by atoms with E-state index in [-0.39, 0.29) is 35.5 Å². The van der Waals surface area contributed by atoms with E-state index in [0.29, 0.717) is 6.54 Å². The van der Waals surface area contributed by atoms with Crippen LogP contribution in [0, 0.1) is 5.41 Å². The number of ether oxygens (including phenoxy) is 1. The number of hydrogen-bond acceptors (Lipinski definition) is 3.